The molecule has 1 aliphatic rings. The Morgan fingerprint density at radius 1 is 1.11 bits per heavy atom. The molecule has 0 radical (unpaired) electrons. The van der Waals surface area contributed by atoms with Crippen molar-refractivity contribution in [3.8, 4) is 11.4 Å². The summed E-state index contributed by atoms with van der Waals surface area (Å²) >= 11 is 3.36. The Bertz CT molecular complexity index is 1120. The zero-order valence-corrected chi connectivity index (χ0v) is 17.3. The highest BCUT2D eigenvalue weighted by atomic mass is 79.9. The molecule has 4 rings (SSSR count). The number of sulfonamides is 1. The molecule has 0 unspecified atom stereocenters. The van der Waals surface area contributed by atoms with E-state index in [-0.39, 0.29) is 17.2 Å². The Kier molecular flexibility index (Phi) is 4.80. The predicted octanol–water partition coefficient (Wildman–Crippen LogP) is 3.86. The monoisotopic (exact) mass is 461 g/mol. The van der Waals surface area contributed by atoms with Gasteiger partial charge in [0.05, 0.1) is 4.90 Å². The van der Waals surface area contributed by atoms with Gasteiger partial charge < -0.3 is 4.52 Å². The van der Waals surface area contributed by atoms with Gasteiger partial charge in [-0.3, -0.25) is 4.79 Å². The van der Waals surface area contributed by atoms with E-state index >= 15 is 0 Å². The molecule has 1 atom stereocenters. The van der Waals surface area contributed by atoms with Gasteiger partial charge in [-0.1, -0.05) is 38.8 Å². The summed E-state index contributed by atoms with van der Waals surface area (Å²) < 4.78 is 33.2. The highest BCUT2D eigenvalue weighted by Crippen LogP contribution is 2.37. The van der Waals surface area contributed by atoms with E-state index in [2.05, 4.69) is 26.1 Å². The van der Waals surface area contributed by atoms with Gasteiger partial charge in [0.1, 0.15) is 6.04 Å². The molecule has 0 N–H and O–H groups in total. The highest BCUT2D eigenvalue weighted by Gasteiger charge is 2.44. The van der Waals surface area contributed by atoms with Crippen molar-refractivity contribution in [1.29, 1.82) is 0 Å². The third-order valence-electron chi connectivity index (χ3n) is 4.57. The Hall–Kier alpha value is -2.52. The minimum Gasteiger partial charge on any atom is -0.337 e. The van der Waals surface area contributed by atoms with Crippen molar-refractivity contribution in [2.24, 2.45) is 0 Å². The summed E-state index contributed by atoms with van der Waals surface area (Å²) in [4.78, 5) is 16.8. The van der Waals surface area contributed by atoms with Crippen molar-refractivity contribution in [3.05, 3.63) is 64.5 Å². The number of hydrogen-bond donors (Lipinski definition) is 0. The largest absolute Gasteiger partial charge is 0.337 e. The van der Waals surface area contributed by atoms with Crippen LogP contribution in [0.15, 0.2) is 62.4 Å². The normalized spacial score (nSPS) is 17.3. The predicted molar refractivity (Wildman–Crippen MR) is 105 cm³/mol. The number of nitrogens with zero attached hydrogens (tertiary/aromatic N) is 3. The lowest BCUT2D eigenvalue weighted by atomic mass is 10.2. The molecule has 1 aliphatic heterocycles. The molecule has 1 fully saturated rings. The summed E-state index contributed by atoms with van der Waals surface area (Å²) in [6, 6.07) is 12.9. The van der Waals surface area contributed by atoms with Crippen LogP contribution in [0.3, 0.4) is 0 Å². The number of carbonyl (C=O) groups is 1. The molecule has 3 aromatic rings. The minimum absolute atomic E-state index is 0.0611. The van der Waals surface area contributed by atoms with E-state index in [1.54, 1.807) is 12.1 Å². The van der Waals surface area contributed by atoms with Crippen LogP contribution < -0.4 is 0 Å². The molecular weight excluding hydrogens is 446 g/mol. The first-order valence-electron chi connectivity index (χ1n) is 8.60. The van der Waals surface area contributed by atoms with Gasteiger partial charge in [0.25, 0.3) is 15.9 Å². The number of aromatic nitrogens is 2. The number of amides is 1. The fraction of sp³-hybridized carbons (Fsp3) is 0.211. The van der Waals surface area contributed by atoms with Crippen molar-refractivity contribution in [2.75, 3.05) is 0 Å². The summed E-state index contributed by atoms with van der Waals surface area (Å²) in [5.41, 5.74) is 1.66. The van der Waals surface area contributed by atoms with E-state index in [1.165, 1.54) is 12.1 Å². The molecule has 9 heteroatoms. The molecule has 2 aromatic carbocycles. The average molecular weight is 462 g/mol. The first-order chi connectivity index (χ1) is 13.4. The van der Waals surface area contributed by atoms with E-state index in [4.69, 9.17) is 4.52 Å². The maximum Gasteiger partial charge on any atom is 0.267 e. The lowest BCUT2D eigenvalue weighted by Crippen LogP contribution is -2.34. The Labute approximate surface area is 170 Å². The van der Waals surface area contributed by atoms with Gasteiger partial charge in [0.2, 0.25) is 11.7 Å². The highest BCUT2D eigenvalue weighted by molar-refractivity contribution is 9.10. The maximum absolute atomic E-state index is 13.1. The molecule has 7 nitrogen and oxygen atoms in total. The van der Waals surface area contributed by atoms with Crippen LogP contribution in [-0.4, -0.2) is 28.8 Å². The first kappa shape index (κ1) is 18.8. The van der Waals surface area contributed by atoms with Gasteiger partial charge in [-0.15, -0.1) is 0 Å². The van der Waals surface area contributed by atoms with Crippen LogP contribution in [-0.2, 0) is 14.8 Å². The molecule has 28 heavy (non-hydrogen) atoms. The van der Waals surface area contributed by atoms with Gasteiger partial charge in [-0.25, -0.2) is 12.7 Å². The van der Waals surface area contributed by atoms with Crippen LogP contribution in [0.5, 0.6) is 0 Å². The van der Waals surface area contributed by atoms with Crippen molar-refractivity contribution in [2.45, 2.75) is 30.7 Å². The smallest absolute Gasteiger partial charge is 0.267 e. The molecule has 1 amide bonds. The zero-order valence-electron chi connectivity index (χ0n) is 14.9. The summed E-state index contributed by atoms with van der Waals surface area (Å²) in [6.45, 7) is 1.86. The van der Waals surface area contributed by atoms with E-state index in [1.807, 2.05) is 31.2 Å². The number of hydrogen-bond acceptors (Lipinski definition) is 6. The lowest BCUT2D eigenvalue weighted by molar-refractivity contribution is -0.124. The number of benzene rings is 2. The summed E-state index contributed by atoms with van der Waals surface area (Å²) in [5, 5.41) is 3.95. The third-order valence-corrected chi connectivity index (χ3v) is 6.94. The number of halogens is 1. The molecule has 2 heterocycles. The van der Waals surface area contributed by atoms with E-state index in [0.29, 0.717) is 12.2 Å². The van der Waals surface area contributed by atoms with Crippen LogP contribution in [0.25, 0.3) is 11.4 Å². The summed E-state index contributed by atoms with van der Waals surface area (Å²) in [6.07, 6.45) is 0.400. The fourth-order valence-corrected chi connectivity index (χ4v) is 4.96. The summed E-state index contributed by atoms with van der Waals surface area (Å²) in [7, 11) is -4.01. The first-order valence-corrected chi connectivity index (χ1v) is 10.8. The second-order valence-electron chi connectivity index (χ2n) is 6.53. The maximum atomic E-state index is 13.1. The molecule has 0 bridgehead atoms. The van der Waals surface area contributed by atoms with Crippen molar-refractivity contribution >= 4 is 31.9 Å². The van der Waals surface area contributed by atoms with Crippen molar-refractivity contribution in [1.82, 2.24) is 14.4 Å². The fourth-order valence-electron chi connectivity index (χ4n) is 3.10. The molecule has 1 saturated heterocycles. The van der Waals surface area contributed by atoms with Gasteiger partial charge in [-0.2, -0.15) is 4.98 Å². The van der Waals surface area contributed by atoms with Crippen LogP contribution in [0.4, 0.5) is 0 Å². The number of carbonyl (C=O) groups excluding carboxylic acids is 1. The van der Waals surface area contributed by atoms with E-state index in [0.717, 1.165) is 19.9 Å². The quantitative estimate of drug-likeness (QED) is 0.585. The van der Waals surface area contributed by atoms with Gasteiger partial charge in [0.15, 0.2) is 0 Å². The Balaban J connectivity index is 1.69. The number of rotatable bonds is 4. The SMILES string of the molecule is Cc1ccc(S(=O)(=O)N2C(=O)CC[C@H]2c2nc(-c3ccc(Br)cc3)no2)cc1. The molecule has 144 valence electrons. The van der Waals surface area contributed by atoms with E-state index < -0.39 is 22.0 Å². The molecule has 0 spiro atoms. The second-order valence-corrected chi connectivity index (χ2v) is 9.26. The Morgan fingerprint density at radius 2 is 1.79 bits per heavy atom. The lowest BCUT2D eigenvalue weighted by Gasteiger charge is -2.21. The topological polar surface area (TPSA) is 93.4 Å². The Morgan fingerprint density at radius 3 is 2.46 bits per heavy atom. The molecule has 0 saturated carbocycles. The van der Waals surface area contributed by atoms with Gasteiger partial charge >= 0.3 is 0 Å². The van der Waals surface area contributed by atoms with Gasteiger partial charge in [-0.05, 0) is 49.7 Å². The van der Waals surface area contributed by atoms with E-state index in [9.17, 15) is 13.2 Å². The molecular formula is C19H16BrN3O4S. The van der Waals surface area contributed by atoms with Crippen LogP contribution in [0.1, 0.15) is 30.3 Å². The number of aryl methyl sites for hydroxylation is 1. The van der Waals surface area contributed by atoms with Crippen LogP contribution in [0, 0.1) is 6.92 Å². The van der Waals surface area contributed by atoms with Crippen LogP contribution in [0.2, 0.25) is 0 Å². The molecule has 1 aromatic heterocycles. The van der Waals surface area contributed by atoms with Crippen LogP contribution >= 0.6 is 15.9 Å². The van der Waals surface area contributed by atoms with Crippen molar-refractivity contribution in [3.63, 3.8) is 0 Å². The third kappa shape index (κ3) is 3.35. The zero-order chi connectivity index (χ0) is 19.9. The van der Waals surface area contributed by atoms with Crippen molar-refractivity contribution < 1.29 is 17.7 Å². The van der Waals surface area contributed by atoms with Gasteiger partial charge in [0, 0.05) is 16.5 Å². The average Bonchev–Trinajstić information content (AvgIpc) is 3.29. The molecule has 0 aliphatic carbocycles. The second kappa shape index (κ2) is 7.14. The standard InChI is InChI=1S/C19H16BrN3O4S/c1-12-2-8-15(9-3-12)28(25,26)23-16(10-11-17(23)24)19-21-18(22-27-19)13-4-6-14(20)7-5-13/h2-9,16H,10-11H2,1H3/t16-/m0/s1. The minimum atomic E-state index is -4.01. The summed E-state index contributed by atoms with van der Waals surface area (Å²) in [5.74, 6) is -0.0250.